The highest BCUT2D eigenvalue weighted by molar-refractivity contribution is 8.00. The van der Waals surface area contributed by atoms with Crippen LogP contribution in [0.4, 0.5) is 5.13 Å². The van der Waals surface area contributed by atoms with Crippen LogP contribution in [-0.4, -0.2) is 106 Å². The fourth-order valence-corrected chi connectivity index (χ4v) is 6.68. The van der Waals surface area contributed by atoms with Gasteiger partial charge >= 0.3 is 5.97 Å². The Bertz CT molecular complexity index is 1620. The van der Waals surface area contributed by atoms with Gasteiger partial charge in [-0.2, -0.15) is 0 Å². The van der Waals surface area contributed by atoms with Crippen LogP contribution in [0, 0.1) is 0 Å². The molecule has 0 aliphatic carbocycles. The van der Waals surface area contributed by atoms with E-state index in [1.54, 1.807) is 50.2 Å². The molecule has 2 amide bonds. The molecule has 2 aliphatic rings. The Kier molecular flexibility index (Phi) is 10.6. The van der Waals surface area contributed by atoms with Gasteiger partial charge < -0.3 is 44.9 Å². The Balaban J connectivity index is 1.51. The van der Waals surface area contributed by atoms with Crippen LogP contribution in [0.5, 0.6) is 0 Å². The highest BCUT2D eigenvalue weighted by atomic mass is 32.2. The minimum absolute atomic E-state index is 0.00792. The number of fused-ring (bicyclic) bond motifs is 1. The Morgan fingerprint density at radius 2 is 1.89 bits per heavy atom. The number of amides is 2. The van der Waals surface area contributed by atoms with E-state index < -0.39 is 65.0 Å². The number of ether oxygens (including phenoxy) is 1. The third-order valence-corrected chi connectivity index (χ3v) is 8.95. The number of thioether (sulfide) groups is 1. The number of nitrogen functional groups attached to an aromatic ring is 1. The number of rotatable bonds is 14. The highest BCUT2D eigenvalue weighted by Crippen LogP contribution is 2.40. The number of carbonyl (C=O) groups excluding carboxylic acids is 5. The molecule has 0 spiro atoms. The number of esters is 1. The molecule has 1 unspecified atom stereocenters. The van der Waals surface area contributed by atoms with Crippen molar-refractivity contribution in [3.8, 4) is 0 Å². The van der Waals surface area contributed by atoms with Crippen molar-refractivity contribution in [2.75, 3.05) is 39.2 Å². The van der Waals surface area contributed by atoms with E-state index in [-0.39, 0.29) is 35.4 Å². The van der Waals surface area contributed by atoms with Crippen LogP contribution < -0.4 is 25.8 Å². The zero-order chi connectivity index (χ0) is 34.7. The molecule has 16 nitrogen and oxygen atoms in total. The van der Waals surface area contributed by atoms with Crippen molar-refractivity contribution in [3.63, 3.8) is 0 Å². The molecule has 0 aromatic carbocycles. The zero-order valence-electron chi connectivity index (χ0n) is 26.3. The molecule has 2 aromatic heterocycles. The molecule has 2 aromatic rings. The van der Waals surface area contributed by atoms with Crippen LogP contribution in [0.1, 0.15) is 26.0 Å². The van der Waals surface area contributed by atoms with E-state index in [4.69, 9.17) is 15.3 Å². The number of nitrogens with zero attached hydrogens (tertiary/aromatic N) is 5. The van der Waals surface area contributed by atoms with E-state index in [0.717, 1.165) is 16.2 Å². The molecule has 18 heteroatoms. The molecule has 47 heavy (non-hydrogen) atoms. The lowest BCUT2D eigenvalue weighted by Crippen LogP contribution is -2.71. The van der Waals surface area contributed by atoms with Crippen molar-refractivity contribution in [1.82, 2.24) is 15.2 Å². The summed E-state index contributed by atoms with van der Waals surface area (Å²) in [4.78, 5) is 73.9. The number of thiazole rings is 1. The number of carboxylic acids is 2. The number of anilines is 1. The summed E-state index contributed by atoms with van der Waals surface area (Å²) in [7, 11) is 5.38. The van der Waals surface area contributed by atoms with Gasteiger partial charge in [0.15, 0.2) is 35.9 Å². The number of β-lactam (4-membered cyclic amide) rings is 1. The Labute approximate surface area is 278 Å². The maximum Gasteiger partial charge on any atom is 0.353 e. The van der Waals surface area contributed by atoms with Crippen LogP contribution in [0.25, 0.3) is 0 Å². The standard InChI is InChI=1S/C29H35N7O9S2/c1-29(2,27(43)44-17(11-19(37)38)13-36(3,4)5)45-33-20(18-15-47-28(30)31-18)23(39)32-21-24(40)35-22(26(41)42)16(14-46-25(21)35)12-34-9-7-6-8-10-34/h6-10,15,17,21,25H,11-14H2,1-5H3,(H3-2,30,31,32,37,38,39,41,42)/b33-20-/t17?,21-,25-/m1/s1. The molecule has 252 valence electrons. The Morgan fingerprint density at radius 1 is 1.21 bits per heavy atom. The van der Waals surface area contributed by atoms with Gasteiger partial charge in [0.2, 0.25) is 5.60 Å². The number of quaternary nitrogens is 1. The molecule has 4 heterocycles. The Morgan fingerprint density at radius 3 is 2.47 bits per heavy atom. The summed E-state index contributed by atoms with van der Waals surface area (Å²) in [5.41, 5.74) is 3.78. The van der Waals surface area contributed by atoms with E-state index >= 15 is 0 Å². The summed E-state index contributed by atoms with van der Waals surface area (Å²) in [6.45, 7) is 3.03. The number of likely N-dealkylation sites (N-methyl/N-ethyl adjacent to an activating group) is 1. The SMILES string of the molecule is CC(C)(O/N=C(\C(=O)N[C@@H]1C(=O)N2C(C(=O)[O-])=C(C[n+]3ccccc3)CS[C@H]12)c1csc(N)n1)C(=O)OC(CC(=O)[O-])C[N+](C)(C)C. The number of pyridine rings is 1. The van der Waals surface area contributed by atoms with E-state index in [2.05, 4.69) is 15.5 Å². The fourth-order valence-electron chi connectivity index (χ4n) is 4.79. The average Bonchev–Trinajstić information content (AvgIpc) is 3.40. The first-order valence-electron chi connectivity index (χ1n) is 14.3. The van der Waals surface area contributed by atoms with Crippen molar-refractivity contribution < 1.29 is 52.8 Å². The molecule has 4 rings (SSSR count). The van der Waals surface area contributed by atoms with Gasteiger partial charge in [-0.15, -0.1) is 23.1 Å². The predicted octanol–water partition coefficient (Wildman–Crippen LogP) is -2.63. The second-order valence-corrected chi connectivity index (χ2v) is 14.3. The van der Waals surface area contributed by atoms with Crippen LogP contribution >= 0.6 is 23.1 Å². The quantitative estimate of drug-likeness (QED) is 0.0520. The number of hydrogen-bond donors (Lipinski definition) is 2. The summed E-state index contributed by atoms with van der Waals surface area (Å²) in [5, 5.41) is 30.7. The monoisotopic (exact) mass is 689 g/mol. The summed E-state index contributed by atoms with van der Waals surface area (Å²) in [6.07, 6.45) is 1.96. The molecular weight excluding hydrogens is 654 g/mol. The van der Waals surface area contributed by atoms with Gasteiger partial charge in [0.25, 0.3) is 11.8 Å². The molecule has 0 radical (unpaired) electrons. The molecule has 2 aliphatic heterocycles. The number of nitrogens with one attached hydrogen (secondary N) is 1. The maximum atomic E-state index is 13.5. The second kappa shape index (κ2) is 14.1. The van der Waals surface area contributed by atoms with E-state index in [1.165, 1.54) is 31.0 Å². The highest BCUT2D eigenvalue weighted by Gasteiger charge is 2.53. The summed E-state index contributed by atoms with van der Waals surface area (Å²) in [6, 6.07) is 4.29. The molecule has 3 atom stereocenters. The number of carbonyl (C=O) groups is 5. The van der Waals surface area contributed by atoms with Crippen LogP contribution in [0.2, 0.25) is 0 Å². The number of hydrogen-bond acceptors (Lipinski definition) is 14. The smallest absolute Gasteiger partial charge is 0.353 e. The number of aromatic nitrogens is 2. The number of aliphatic carboxylic acids is 2. The van der Waals surface area contributed by atoms with Gasteiger partial charge in [0, 0.05) is 41.2 Å². The first-order valence-corrected chi connectivity index (χ1v) is 16.2. The second-order valence-electron chi connectivity index (χ2n) is 12.3. The molecule has 0 saturated carbocycles. The van der Waals surface area contributed by atoms with Gasteiger partial charge in [0.05, 0.1) is 32.8 Å². The predicted molar refractivity (Wildman–Crippen MR) is 164 cm³/mol. The fraction of sp³-hybridized carbons (Fsp3) is 0.448. The largest absolute Gasteiger partial charge is 0.550 e. The lowest BCUT2D eigenvalue weighted by atomic mass is 10.0. The summed E-state index contributed by atoms with van der Waals surface area (Å²) >= 11 is 2.28. The normalized spacial score (nSPS) is 19.0. The van der Waals surface area contributed by atoms with Gasteiger partial charge in [-0.3, -0.25) is 14.5 Å². The molecule has 0 bridgehead atoms. The maximum absolute atomic E-state index is 13.5. The Hall–Kier alpha value is -4.55. The van der Waals surface area contributed by atoms with Crippen molar-refractivity contribution >= 4 is 63.7 Å². The molecule has 1 saturated heterocycles. The topological polar surface area (TPSA) is 220 Å². The first kappa shape index (κ1) is 35.3. The lowest BCUT2D eigenvalue weighted by molar-refractivity contribution is -0.873. The first-order chi connectivity index (χ1) is 22.0. The van der Waals surface area contributed by atoms with Crippen LogP contribution in [-0.2, 0) is 40.1 Å². The lowest BCUT2D eigenvalue weighted by Gasteiger charge is -2.50. The number of nitrogens with two attached hydrogens (primary N) is 1. The van der Waals surface area contributed by atoms with Gasteiger partial charge in [-0.05, 0) is 13.8 Å². The molecular formula is C29H35N7O9S2. The van der Waals surface area contributed by atoms with E-state index in [0.29, 0.717) is 10.1 Å². The molecule has 3 N–H and O–H groups in total. The van der Waals surface area contributed by atoms with Crippen molar-refractivity contribution in [3.05, 3.63) is 52.9 Å². The minimum atomic E-state index is -1.80. The minimum Gasteiger partial charge on any atom is -0.550 e. The number of carboxylic acid groups (broad SMARTS) is 2. The van der Waals surface area contributed by atoms with Crippen molar-refractivity contribution in [2.24, 2.45) is 5.16 Å². The van der Waals surface area contributed by atoms with Gasteiger partial charge in [-0.1, -0.05) is 11.2 Å². The third-order valence-electron chi connectivity index (χ3n) is 6.93. The van der Waals surface area contributed by atoms with Gasteiger partial charge in [0.1, 0.15) is 23.7 Å². The average molecular weight is 690 g/mol. The van der Waals surface area contributed by atoms with Crippen molar-refractivity contribution in [1.29, 1.82) is 0 Å². The number of oxime groups is 1. The van der Waals surface area contributed by atoms with Gasteiger partial charge in [-0.25, -0.2) is 14.3 Å². The third kappa shape index (κ3) is 8.63. The van der Waals surface area contributed by atoms with Crippen molar-refractivity contribution in [2.45, 2.75) is 49.9 Å². The molecule has 1 fully saturated rings. The van der Waals surface area contributed by atoms with E-state index in [9.17, 15) is 34.2 Å². The van der Waals surface area contributed by atoms with E-state index in [1.807, 2.05) is 6.07 Å². The zero-order valence-corrected chi connectivity index (χ0v) is 28.0. The van der Waals surface area contributed by atoms with Crippen LogP contribution in [0.15, 0.2) is 52.4 Å². The summed E-state index contributed by atoms with van der Waals surface area (Å²) < 4.78 is 7.50. The van der Waals surface area contributed by atoms with Crippen LogP contribution in [0.3, 0.4) is 0 Å². The summed E-state index contributed by atoms with van der Waals surface area (Å²) in [5.74, 6) is -5.16.